The molecular weight excluding hydrogens is 384 g/mol. The lowest BCUT2D eigenvalue weighted by Gasteiger charge is -2.32. The minimum Gasteiger partial charge on any atom is -0.494 e. The number of nitrogens with zero attached hydrogens (tertiary/aromatic N) is 2. The van der Waals surface area contributed by atoms with Crippen LogP contribution in [0.25, 0.3) is 0 Å². The molecule has 0 spiro atoms. The first-order valence-corrected chi connectivity index (χ1v) is 10.1. The third-order valence-corrected chi connectivity index (χ3v) is 4.93. The number of hydrogen-bond acceptors (Lipinski definition) is 5. The van der Waals surface area contributed by atoms with Crippen molar-refractivity contribution in [1.82, 2.24) is 20.5 Å². The molecule has 3 amide bonds. The van der Waals surface area contributed by atoms with E-state index in [0.29, 0.717) is 49.4 Å². The number of rotatable bonds is 7. The second kappa shape index (κ2) is 10.4. The molecule has 1 aliphatic heterocycles. The van der Waals surface area contributed by atoms with Crippen molar-refractivity contribution in [3.63, 3.8) is 0 Å². The van der Waals surface area contributed by atoms with Crippen molar-refractivity contribution >= 4 is 17.7 Å². The highest BCUT2D eigenvalue weighted by atomic mass is 16.5. The predicted octanol–water partition coefficient (Wildman–Crippen LogP) is 1.63. The van der Waals surface area contributed by atoms with Crippen molar-refractivity contribution in [2.24, 2.45) is 0 Å². The van der Waals surface area contributed by atoms with Gasteiger partial charge in [0.25, 0.3) is 11.8 Å². The fourth-order valence-electron chi connectivity index (χ4n) is 3.28. The van der Waals surface area contributed by atoms with E-state index in [4.69, 9.17) is 4.74 Å². The number of piperidine rings is 1. The summed E-state index contributed by atoms with van der Waals surface area (Å²) in [5.74, 6) is 0.107. The van der Waals surface area contributed by atoms with Crippen molar-refractivity contribution in [3.8, 4) is 5.75 Å². The molecule has 1 fully saturated rings. The minimum absolute atomic E-state index is 0.0141. The predicted molar refractivity (Wildman–Crippen MR) is 111 cm³/mol. The van der Waals surface area contributed by atoms with Gasteiger partial charge in [0.2, 0.25) is 5.91 Å². The highest BCUT2D eigenvalue weighted by Gasteiger charge is 2.24. The molecule has 0 unspecified atom stereocenters. The zero-order valence-electron chi connectivity index (χ0n) is 17.0. The van der Waals surface area contributed by atoms with E-state index in [9.17, 15) is 14.4 Å². The second-order valence-electron chi connectivity index (χ2n) is 7.01. The molecule has 2 aromatic rings. The maximum absolute atomic E-state index is 12.4. The summed E-state index contributed by atoms with van der Waals surface area (Å²) in [5, 5.41) is 5.65. The summed E-state index contributed by atoms with van der Waals surface area (Å²) < 4.78 is 5.35. The number of pyridine rings is 1. The summed E-state index contributed by atoms with van der Waals surface area (Å²) >= 11 is 0. The van der Waals surface area contributed by atoms with Gasteiger partial charge in [-0.15, -0.1) is 0 Å². The third-order valence-electron chi connectivity index (χ3n) is 4.93. The van der Waals surface area contributed by atoms with Gasteiger partial charge in [-0.2, -0.15) is 0 Å². The third kappa shape index (κ3) is 5.79. The summed E-state index contributed by atoms with van der Waals surface area (Å²) in [6, 6.07) is 10.2. The Morgan fingerprint density at radius 2 is 1.80 bits per heavy atom. The minimum atomic E-state index is -0.301. The Morgan fingerprint density at radius 1 is 1.07 bits per heavy atom. The average Bonchev–Trinajstić information content (AvgIpc) is 2.79. The van der Waals surface area contributed by atoms with Crippen LogP contribution in [0.15, 0.2) is 48.8 Å². The van der Waals surface area contributed by atoms with Gasteiger partial charge in [0.15, 0.2) is 0 Å². The van der Waals surface area contributed by atoms with E-state index in [1.165, 1.54) is 6.20 Å². The number of carbonyl (C=O) groups is 3. The summed E-state index contributed by atoms with van der Waals surface area (Å²) in [4.78, 5) is 42.5. The molecule has 158 valence electrons. The molecule has 8 heteroatoms. The monoisotopic (exact) mass is 410 g/mol. The molecule has 3 rings (SSSR count). The van der Waals surface area contributed by atoms with E-state index < -0.39 is 0 Å². The molecule has 1 aliphatic rings. The van der Waals surface area contributed by atoms with Crippen LogP contribution >= 0.6 is 0 Å². The first-order valence-electron chi connectivity index (χ1n) is 10.1. The molecule has 8 nitrogen and oxygen atoms in total. The van der Waals surface area contributed by atoms with Gasteiger partial charge >= 0.3 is 0 Å². The van der Waals surface area contributed by atoms with Crippen LogP contribution < -0.4 is 15.4 Å². The van der Waals surface area contributed by atoms with Gasteiger partial charge in [-0.25, -0.2) is 0 Å². The van der Waals surface area contributed by atoms with Crippen molar-refractivity contribution in [1.29, 1.82) is 0 Å². The smallest absolute Gasteiger partial charge is 0.253 e. The van der Waals surface area contributed by atoms with Crippen LogP contribution in [-0.4, -0.2) is 59.9 Å². The second-order valence-corrected chi connectivity index (χ2v) is 7.01. The first-order chi connectivity index (χ1) is 14.6. The number of aromatic nitrogens is 1. The zero-order valence-corrected chi connectivity index (χ0v) is 17.0. The van der Waals surface area contributed by atoms with E-state index >= 15 is 0 Å². The molecule has 0 atom stereocenters. The van der Waals surface area contributed by atoms with Gasteiger partial charge in [0, 0.05) is 37.1 Å². The Kier molecular flexibility index (Phi) is 7.37. The Bertz CT molecular complexity index is 862. The van der Waals surface area contributed by atoms with Crippen molar-refractivity contribution < 1.29 is 19.1 Å². The number of nitrogens with one attached hydrogen (secondary N) is 2. The van der Waals surface area contributed by atoms with Crippen molar-refractivity contribution in [2.45, 2.75) is 25.8 Å². The Hall–Kier alpha value is -3.42. The van der Waals surface area contributed by atoms with Crippen molar-refractivity contribution in [3.05, 3.63) is 59.9 Å². The molecule has 0 bridgehead atoms. The van der Waals surface area contributed by atoms with E-state index in [1.807, 2.05) is 6.92 Å². The van der Waals surface area contributed by atoms with Gasteiger partial charge < -0.3 is 20.3 Å². The van der Waals surface area contributed by atoms with Crippen LogP contribution in [0.1, 0.15) is 40.5 Å². The van der Waals surface area contributed by atoms with Gasteiger partial charge in [0.05, 0.1) is 18.7 Å². The maximum Gasteiger partial charge on any atom is 0.253 e. The van der Waals surface area contributed by atoms with Gasteiger partial charge in [-0.3, -0.25) is 19.4 Å². The average molecular weight is 410 g/mol. The van der Waals surface area contributed by atoms with Crippen LogP contribution in [0.4, 0.5) is 0 Å². The number of amides is 3. The SMILES string of the molecule is CCOc1ccc(C(=O)NCC(=O)N2CCC(NC(=O)c3cccnc3)CC2)cc1. The molecule has 2 heterocycles. The standard InChI is InChI=1S/C22H26N4O4/c1-2-30-19-7-5-16(6-8-19)21(28)24-15-20(27)26-12-9-18(10-13-26)25-22(29)17-4-3-11-23-14-17/h3-8,11,14,18H,2,9-10,12-13,15H2,1H3,(H,24,28)(H,25,29). The number of carbonyl (C=O) groups excluding carboxylic acids is 3. The lowest BCUT2D eigenvalue weighted by atomic mass is 10.0. The maximum atomic E-state index is 12.4. The first kappa shape index (κ1) is 21.3. The summed E-state index contributed by atoms with van der Waals surface area (Å²) in [7, 11) is 0. The fraction of sp³-hybridized carbons (Fsp3) is 0.364. The van der Waals surface area contributed by atoms with Crippen LogP contribution in [0, 0.1) is 0 Å². The van der Waals surface area contributed by atoms with Crippen LogP contribution in [0.5, 0.6) is 5.75 Å². The molecule has 1 aromatic carbocycles. The van der Waals surface area contributed by atoms with E-state index in [2.05, 4.69) is 15.6 Å². The van der Waals surface area contributed by atoms with Crippen molar-refractivity contribution in [2.75, 3.05) is 26.2 Å². The fourth-order valence-corrected chi connectivity index (χ4v) is 3.28. The molecule has 0 radical (unpaired) electrons. The number of ether oxygens (including phenoxy) is 1. The molecule has 2 N–H and O–H groups in total. The van der Waals surface area contributed by atoms with Crippen LogP contribution in [0.2, 0.25) is 0 Å². The molecule has 0 saturated carbocycles. The van der Waals surface area contributed by atoms with Crippen LogP contribution in [0.3, 0.4) is 0 Å². The molecule has 1 saturated heterocycles. The van der Waals surface area contributed by atoms with E-state index in [-0.39, 0.29) is 30.3 Å². The molecule has 0 aliphatic carbocycles. The Morgan fingerprint density at radius 3 is 2.43 bits per heavy atom. The normalized spacial score (nSPS) is 14.1. The van der Waals surface area contributed by atoms with Crippen LogP contribution in [-0.2, 0) is 4.79 Å². The highest BCUT2D eigenvalue weighted by Crippen LogP contribution is 2.13. The van der Waals surface area contributed by atoms with E-state index in [0.717, 1.165) is 0 Å². The number of likely N-dealkylation sites (tertiary alicyclic amines) is 1. The Balaban J connectivity index is 1.40. The number of hydrogen-bond donors (Lipinski definition) is 2. The summed E-state index contributed by atoms with van der Waals surface area (Å²) in [6.07, 6.45) is 4.49. The summed E-state index contributed by atoms with van der Waals surface area (Å²) in [6.45, 7) is 3.47. The number of benzene rings is 1. The molecule has 1 aromatic heterocycles. The molecular formula is C22H26N4O4. The summed E-state index contributed by atoms with van der Waals surface area (Å²) in [5.41, 5.74) is 0.996. The quantitative estimate of drug-likeness (QED) is 0.723. The lowest BCUT2D eigenvalue weighted by Crippen LogP contribution is -2.49. The van der Waals surface area contributed by atoms with Gasteiger partial charge in [0.1, 0.15) is 5.75 Å². The Labute approximate surface area is 175 Å². The topological polar surface area (TPSA) is 101 Å². The lowest BCUT2D eigenvalue weighted by molar-refractivity contribution is -0.131. The van der Waals surface area contributed by atoms with Gasteiger partial charge in [-0.05, 0) is 56.2 Å². The highest BCUT2D eigenvalue weighted by molar-refractivity contribution is 5.96. The van der Waals surface area contributed by atoms with E-state index in [1.54, 1.807) is 47.5 Å². The largest absolute Gasteiger partial charge is 0.494 e. The zero-order chi connectivity index (χ0) is 21.3. The van der Waals surface area contributed by atoms with Gasteiger partial charge in [-0.1, -0.05) is 0 Å². The molecule has 30 heavy (non-hydrogen) atoms.